The number of rotatable bonds is 2. The molecule has 0 saturated heterocycles. The van der Waals surface area contributed by atoms with Crippen LogP contribution in [0.4, 0.5) is 4.79 Å². The van der Waals surface area contributed by atoms with Gasteiger partial charge in [0.1, 0.15) is 6.54 Å². The van der Waals surface area contributed by atoms with Crippen LogP contribution in [0.1, 0.15) is 0 Å². The molecule has 9 heavy (non-hydrogen) atoms. The maximum Gasteiger partial charge on any atom is 0.361 e. The first-order valence-electron chi connectivity index (χ1n) is 2.04. The molecule has 0 aliphatic heterocycles. The van der Waals surface area contributed by atoms with Crippen LogP contribution in [0.2, 0.25) is 0 Å². The number of nitrogens with one attached hydrogen (secondary N) is 1. The summed E-state index contributed by atoms with van der Waals surface area (Å²) in [6.07, 6.45) is 0. The predicted octanol–water partition coefficient (Wildman–Crippen LogP) is -1.33. The number of nitrogens with two attached hydrogens (primary N) is 1. The van der Waals surface area contributed by atoms with Crippen molar-refractivity contribution >= 4 is 12.0 Å². The van der Waals surface area contributed by atoms with Crippen molar-refractivity contribution in [3.05, 3.63) is 0 Å². The molecule has 0 aliphatic rings. The molecule has 0 bridgehead atoms. The third-order valence-corrected chi connectivity index (χ3v) is 0.509. The van der Waals surface area contributed by atoms with Gasteiger partial charge >= 0.3 is 12.0 Å². The van der Waals surface area contributed by atoms with Crippen molar-refractivity contribution in [3.8, 4) is 0 Å². The maximum absolute atomic E-state index is 9.97. The van der Waals surface area contributed by atoms with Gasteiger partial charge in [-0.15, -0.1) is 0 Å². The summed E-state index contributed by atoms with van der Waals surface area (Å²) >= 11 is 0. The van der Waals surface area contributed by atoms with Gasteiger partial charge < -0.3 is 11.1 Å². The molecule has 6 heteroatoms. The van der Waals surface area contributed by atoms with Crippen LogP contribution in [-0.2, 0) is 9.68 Å². The van der Waals surface area contributed by atoms with E-state index in [1.165, 1.54) is 0 Å². The SMILES string of the molecule is NC(=O)NCC(=O)OO. The average Bonchev–Trinajstić information content (AvgIpc) is 1.83. The molecule has 0 rings (SSSR count). The van der Waals surface area contributed by atoms with Crippen LogP contribution < -0.4 is 11.1 Å². The third-order valence-electron chi connectivity index (χ3n) is 0.509. The summed E-state index contributed by atoms with van der Waals surface area (Å²) in [6.45, 7) is -0.425. The Morgan fingerprint density at radius 2 is 2.22 bits per heavy atom. The molecule has 0 aliphatic carbocycles. The highest BCUT2D eigenvalue weighted by molar-refractivity contribution is 5.79. The summed E-state index contributed by atoms with van der Waals surface area (Å²) < 4.78 is 0. The fraction of sp³-hybridized carbons (Fsp3) is 0.333. The molecule has 52 valence electrons. The molecule has 0 aromatic heterocycles. The van der Waals surface area contributed by atoms with Crippen molar-refractivity contribution in [3.63, 3.8) is 0 Å². The monoisotopic (exact) mass is 134 g/mol. The number of amides is 2. The second kappa shape index (κ2) is 3.67. The molecule has 0 saturated carbocycles. The molecule has 0 aromatic carbocycles. The minimum absolute atomic E-state index is 0.425. The highest BCUT2D eigenvalue weighted by atomic mass is 17.1. The first kappa shape index (κ1) is 7.70. The van der Waals surface area contributed by atoms with Crippen molar-refractivity contribution in [1.29, 1.82) is 0 Å². The van der Waals surface area contributed by atoms with Gasteiger partial charge in [-0.2, -0.15) is 5.26 Å². The number of carbonyl (C=O) groups is 2. The Bertz CT molecular complexity index is 123. The zero-order chi connectivity index (χ0) is 7.28. The summed E-state index contributed by atoms with van der Waals surface area (Å²) in [5, 5.41) is 9.51. The topological polar surface area (TPSA) is 102 Å². The molecule has 4 N–H and O–H groups in total. The normalized spacial score (nSPS) is 8.11. The van der Waals surface area contributed by atoms with E-state index in [0.29, 0.717) is 0 Å². The lowest BCUT2D eigenvalue weighted by Crippen LogP contribution is -2.34. The molecule has 2 amide bonds. The van der Waals surface area contributed by atoms with Gasteiger partial charge in [0.15, 0.2) is 0 Å². The Hall–Kier alpha value is -1.30. The van der Waals surface area contributed by atoms with Crippen molar-refractivity contribution in [2.45, 2.75) is 0 Å². The van der Waals surface area contributed by atoms with E-state index in [4.69, 9.17) is 5.26 Å². The first-order valence-corrected chi connectivity index (χ1v) is 2.04. The molecular formula is C3H6N2O4. The van der Waals surface area contributed by atoms with E-state index >= 15 is 0 Å². The van der Waals surface area contributed by atoms with Crippen LogP contribution in [0.3, 0.4) is 0 Å². The third kappa shape index (κ3) is 4.56. The zero-order valence-electron chi connectivity index (χ0n) is 4.46. The van der Waals surface area contributed by atoms with Gasteiger partial charge in [0.2, 0.25) is 0 Å². The van der Waals surface area contributed by atoms with Crippen LogP contribution in [0, 0.1) is 0 Å². The zero-order valence-corrected chi connectivity index (χ0v) is 4.46. The Morgan fingerprint density at radius 3 is 2.56 bits per heavy atom. The highest BCUT2D eigenvalue weighted by Crippen LogP contribution is 1.66. The minimum Gasteiger partial charge on any atom is -0.352 e. The van der Waals surface area contributed by atoms with E-state index in [9.17, 15) is 9.59 Å². The number of hydrogen-bond donors (Lipinski definition) is 3. The molecule has 6 nitrogen and oxygen atoms in total. The van der Waals surface area contributed by atoms with E-state index in [-0.39, 0.29) is 0 Å². The fourth-order valence-corrected chi connectivity index (χ4v) is 0.192. The van der Waals surface area contributed by atoms with Gasteiger partial charge in [-0.1, -0.05) is 0 Å². The van der Waals surface area contributed by atoms with E-state index in [0.717, 1.165) is 0 Å². The lowest BCUT2D eigenvalue weighted by atomic mass is 10.7. The number of urea groups is 1. The summed E-state index contributed by atoms with van der Waals surface area (Å²) in [6, 6.07) is -0.847. The van der Waals surface area contributed by atoms with Crippen LogP contribution in [-0.4, -0.2) is 23.8 Å². The fourth-order valence-electron chi connectivity index (χ4n) is 0.192. The lowest BCUT2D eigenvalue weighted by Gasteiger charge is -1.95. The maximum atomic E-state index is 9.97. The summed E-state index contributed by atoms with van der Waals surface area (Å²) in [7, 11) is 0. The van der Waals surface area contributed by atoms with Crippen molar-refractivity contribution in [2.24, 2.45) is 5.73 Å². The average molecular weight is 134 g/mol. The van der Waals surface area contributed by atoms with Crippen LogP contribution >= 0.6 is 0 Å². The predicted molar refractivity (Wildman–Crippen MR) is 26.3 cm³/mol. The Kier molecular flexibility index (Phi) is 3.14. The van der Waals surface area contributed by atoms with E-state index in [1.54, 1.807) is 0 Å². The first-order chi connectivity index (χ1) is 4.16. The molecule has 0 spiro atoms. The summed E-state index contributed by atoms with van der Waals surface area (Å²) in [4.78, 5) is 23.0. The van der Waals surface area contributed by atoms with E-state index in [2.05, 4.69) is 10.6 Å². The molecule has 0 aromatic rings. The van der Waals surface area contributed by atoms with E-state index in [1.807, 2.05) is 5.32 Å². The Balaban J connectivity index is 3.28. The van der Waals surface area contributed by atoms with Gasteiger partial charge in [0.05, 0.1) is 0 Å². The van der Waals surface area contributed by atoms with Gasteiger partial charge in [-0.25, -0.2) is 9.59 Å². The summed E-state index contributed by atoms with van der Waals surface area (Å²) in [5.41, 5.74) is 4.56. The molecular weight excluding hydrogens is 128 g/mol. The molecule has 0 atom stereocenters. The Labute approximate surface area is 50.5 Å². The van der Waals surface area contributed by atoms with Crippen molar-refractivity contribution < 1.29 is 19.7 Å². The van der Waals surface area contributed by atoms with Crippen LogP contribution in [0.5, 0.6) is 0 Å². The van der Waals surface area contributed by atoms with Gasteiger partial charge in [0.25, 0.3) is 0 Å². The standard InChI is InChI=1S/C3H6N2O4/c4-3(7)5-1-2(6)9-8/h8H,1H2,(H3,4,5,7). The quantitative estimate of drug-likeness (QED) is 0.321. The van der Waals surface area contributed by atoms with Crippen molar-refractivity contribution in [1.82, 2.24) is 5.32 Å². The molecule has 0 radical (unpaired) electrons. The summed E-state index contributed by atoms with van der Waals surface area (Å²) in [5.74, 6) is -0.964. The number of carbonyl (C=O) groups excluding carboxylic acids is 2. The number of hydrogen-bond acceptors (Lipinski definition) is 4. The van der Waals surface area contributed by atoms with Gasteiger partial charge in [-0.05, 0) is 0 Å². The second-order valence-electron chi connectivity index (χ2n) is 1.18. The lowest BCUT2D eigenvalue weighted by molar-refractivity contribution is -0.232. The van der Waals surface area contributed by atoms with Gasteiger partial charge in [-0.3, -0.25) is 4.89 Å². The smallest absolute Gasteiger partial charge is 0.352 e. The second-order valence-corrected chi connectivity index (χ2v) is 1.18. The minimum atomic E-state index is -0.964. The molecule has 0 fully saturated rings. The van der Waals surface area contributed by atoms with E-state index < -0.39 is 18.5 Å². The van der Waals surface area contributed by atoms with Crippen molar-refractivity contribution in [2.75, 3.05) is 6.54 Å². The van der Waals surface area contributed by atoms with Crippen LogP contribution in [0.15, 0.2) is 0 Å². The highest BCUT2D eigenvalue weighted by Gasteiger charge is 2.00. The van der Waals surface area contributed by atoms with Gasteiger partial charge in [0, 0.05) is 0 Å². The Morgan fingerprint density at radius 1 is 1.67 bits per heavy atom. The molecule has 0 unspecified atom stereocenters. The van der Waals surface area contributed by atoms with Crippen LogP contribution in [0.25, 0.3) is 0 Å². The largest absolute Gasteiger partial charge is 0.361 e. The number of primary amides is 1. The molecule has 0 heterocycles.